The number of hydrogen-bond acceptors (Lipinski definition) is 2. The van der Waals surface area contributed by atoms with E-state index in [-0.39, 0.29) is 0 Å². The van der Waals surface area contributed by atoms with Gasteiger partial charge in [-0.1, -0.05) is 15.9 Å². The first-order valence-corrected chi connectivity index (χ1v) is 5.51. The molecule has 15 heavy (non-hydrogen) atoms. The van der Waals surface area contributed by atoms with Crippen molar-refractivity contribution in [3.8, 4) is 5.69 Å². The van der Waals surface area contributed by atoms with Gasteiger partial charge in [-0.05, 0) is 36.8 Å². The molecule has 3 nitrogen and oxygen atoms in total. The standard InChI is InChI=1S/C11H12BrN3/c1-8-6-9(12)2-3-11(8)15-5-4-10(7-13)14-15/h2-6H,7,13H2,1H3. The Morgan fingerprint density at radius 3 is 2.80 bits per heavy atom. The minimum atomic E-state index is 0.475. The van der Waals surface area contributed by atoms with Crippen molar-refractivity contribution in [2.24, 2.45) is 5.73 Å². The van der Waals surface area contributed by atoms with Gasteiger partial charge < -0.3 is 5.73 Å². The highest BCUT2D eigenvalue weighted by atomic mass is 79.9. The lowest BCUT2D eigenvalue weighted by Crippen LogP contribution is -2.01. The average molecular weight is 266 g/mol. The van der Waals surface area contributed by atoms with E-state index in [1.165, 1.54) is 5.56 Å². The van der Waals surface area contributed by atoms with Crippen molar-refractivity contribution in [3.05, 3.63) is 46.2 Å². The normalized spacial score (nSPS) is 10.6. The largest absolute Gasteiger partial charge is 0.325 e. The van der Waals surface area contributed by atoms with Gasteiger partial charge >= 0.3 is 0 Å². The first-order valence-electron chi connectivity index (χ1n) is 4.72. The quantitative estimate of drug-likeness (QED) is 0.907. The third kappa shape index (κ3) is 2.11. The van der Waals surface area contributed by atoms with Gasteiger partial charge in [0.2, 0.25) is 0 Å². The van der Waals surface area contributed by atoms with Crippen LogP contribution in [-0.4, -0.2) is 9.78 Å². The fourth-order valence-electron chi connectivity index (χ4n) is 1.48. The van der Waals surface area contributed by atoms with E-state index in [4.69, 9.17) is 5.73 Å². The molecule has 0 amide bonds. The molecular weight excluding hydrogens is 254 g/mol. The number of halogens is 1. The maximum atomic E-state index is 5.52. The molecule has 4 heteroatoms. The summed E-state index contributed by atoms with van der Waals surface area (Å²) < 4.78 is 2.93. The maximum absolute atomic E-state index is 5.52. The minimum Gasteiger partial charge on any atom is -0.325 e. The molecule has 0 aliphatic heterocycles. The molecule has 1 heterocycles. The van der Waals surface area contributed by atoms with Crippen molar-refractivity contribution < 1.29 is 0 Å². The van der Waals surface area contributed by atoms with Gasteiger partial charge in [0.1, 0.15) is 0 Å². The van der Waals surface area contributed by atoms with Gasteiger partial charge in [0.05, 0.1) is 11.4 Å². The fraction of sp³-hybridized carbons (Fsp3) is 0.182. The summed E-state index contributed by atoms with van der Waals surface area (Å²) in [4.78, 5) is 0. The smallest absolute Gasteiger partial charge is 0.0764 e. The Kier molecular flexibility index (Phi) is 2.88. The van der Waals surface area contributed by atoms with Crippen molar-refractivity contribution in [1.29, 1.82) is 0 Å². The van der Waals surface area contributed by atoms with Crippen LogP contribution in [0.3, 0.4) is 0 Å². The van der Waals surface area contributed by atoms with E-state index < -0.39 is 0 Å². The second-order valence-electron chi connectivity index (χ2n) is 3.39. The van der Waals surface area contributed by atoms with Crippen molar-refractivity contribution in [2.75, 3.05) is 0 Å². The van der Waals surface area contributed by atoms with Crippen LogP contribution in [0.5, 0.6) is 0 Å². The van der Waals surface area contributed by atoms with Gasteiger partial charge in [-0.3, -0.25) is 0 Å². The lowest BCUT2D eigenvalue weighted by molar-refractivity contribution is 0.828. The number of benzene rings is 1. The Morgan fingerprint density at radius 2 is 2.20 bits per heavy atom. The molecule has 0 saturated heterocycles. The van der Waals surface area contributed by atoms with Gasteiger partial charge in [-0.2, -0.15) is 5.10 Å². The number of rotatable bonds is 2. The summed E-state index contributed by atoms with van der Waals surface area (Å²) in [5, 5.41) is 4.37. The number of hydrogen-bond donors (Lipinski definition) is 1. The Balaban J connectivity index is 2.44. The van der Waals surface area contributed by atoms with Crippen LogP contribution < -0.4 is 5.73 Å². The molecule has 1 aromatic heterocycles. The minimum absolute atomic E-state index is 0.475. The highest BCUT2D eigenvalue weighted by Gasteiger charge is 2.03. The van der Waals surface area contributed by atoms with Crippen LogP contribution in [0.2, 0.25) is 0 Å². The third-order valence-electron chi connectivity index (χ3n) is 2.26. The van der Waals surface area contributed by atoms with Gasteiger partial charge in [-0.15, -0.1) is 0 Å². The molecule has 0 bridgehead atoms. The number of aromatic nitrogens is 2. The number of nitrogens with zero attached hydrogens (tertiary/aromatic N) is 2. The molecule has 78 valence electrons. The van der Waals surface area contributed by atoms with Crippen molar-refractivity contribution in [2.45, 2.75) is 13.5 Å². The SMILES string of the molecule is Cc1cc(Br)ccc1-n1ccc(CN)n1. The second kappa shape index (κ2) is 4.16. The van der Waals surface area contributed by atoms with E-state index in [0.29, 0.717) is 6.54 Å². The van der Waals surface area contributed by atoms with E-state index in [9.17, 15) is 0 Å². The summed E-state index contributed by atoms with van der Waals surface area (Å²) in [5.41, 5.74) is 8.68. The first kappa shape index (κ1) is 10.4. The molecule has 0 spiro atoms. The Bertz CT molecular complexity index is 476. The van der Waals surface area contributed by atoms with Crippen LogP contribution in [0.4, 0.5) is 0 Å². The first-order chi connectivity index (χ1) is 7.20. The highest BCUT2D eigenvalue weighted by Crippen LogP contribution is 2.18. The molecular formula is C11H12BrN3. The van der Waals surface area contributed by atoms with E-state index >= 15 is 0 Å². The molecule has 0 atom stereocenters. The predicted molar refractivity (Wildman–Crippen MR) is 63.9 cm³/mol. The maximum Gasteiger partial charge on any atom is 0.0764 e. The van der Waals surface area contributed by atoms with E-state index in [0.717, 1.165) is 15.9 Å². The third-order valence-corrected chi connectivity index (χ3v) is 2.75. The van der Waals surface area contributed by atoms with E-state index in [1.807, 2.05) is 29.1 Å². The topological polar surface area (TPSA) is 43.8 Å². The molecule has 0 radical (unpaired) electrons. The monoisotopic (exact) mass is 265 g/mol. The van der Waals surface area contributed by atoms with Gasteiger partial charge in [0.15, 0.2) is 0 Å². The zero-order valence-corrected chi connectivity index (χ0v) is 10.0. The van der Waals surface area contributed by atoms with Gasteiger partial charge in [0, 0.05) is 17.2 Å². The highest BCUT2D eigenvalue weighted by molar-refractivity contribution is 9.10. The van der Waals surface area contributed by atoms with Gasteiger partial charge in [-0.25, -0.2) is 4.68 Å². The summed E-state index contributed by atoms with van der Waals surface area (Å²) >= 11 is 3.44. The van der Waals surface area contributed by atoms with Crippen molar-refractivity contribution in [1.82, 2.24) is 9.78 Å². The molecule has 0 aliphatic rings. The molecule has 0 fully saturated rings. The van der Waals surface area contributed by atoms with E-state index in [2.05, 4.69) is 34.0 Å². The molecule has 2 rings (SSSR count). The zero-order chi connectivity index (χ0) is 10.8. The second-order valence-corrected chi connectivity index (χ2v) is 4.30. The van der Waals surface area contributed by atoms with E-state index in [1.54, 1.807) is 0 Å². The fourth-order valence-corrected chi connectivity index (χ4v) is 1.96. The van der Waals surface area contributed by atoms with Crippen LogP contribution in [0, 0.1) is 6.92 Å². The van der Waals surface area contributed by atoms with Crippen LogP contribution in [0.1, 0.15) is 11.3 Å². The molecule has 2 aromatic rings. The molecule has 0 unspecified atom stereocenters. The zero-order valence-electron chi connectivity index (χ0n) is 8.44. The van der Waals surface area contributed by atoms with Crippen molar-refractivity contribution >= 4 is 15.9 Å². The number of nitrogens with two attached hydrogens (primary N) is 1. The van der Waals surface area contributed by atoms with Crippen LogP contribution in [-0.2, 0) is 6.54 Å². The van der Waals surface area contributed by atoms with Gasteiger partial charge in [0.25, 0.3) is 0 Å². The summed E-state index contributed by atoms with van der Waals surface area (Å²) in [6.45, 7) is 2.53. The molecule has 0 aliphatic carbocycles. The lowest BCUT2D eigenvalue weighted by Gasteiger charge is -2.05. The molecule has 1 aromatic carbocycles. The lowest BCUT2D eigenvalue weighted by atomic mass is 10.2. The van der Waals surface area contributed by atoms with Crippen LogP contribution in [0.15, 0.2) is 34.9 Å². The Morgan fingerprint density at radius 1 is 1.40 bits per heavy atom. The van der Waals surface area contributed by atoms with Crippen LogP contribution in [0.25, 0.3) is 5.69 Å². The van der Waals surface area contributed by atoms with Crippen molar-refractivity contribution in [3.63, 3.8) is 0 Å². The summed E-state index contributed by atoms with van der Waals surface area (Å²) in [5.74, 6) is 0. The summed E-state index contributed by atoms with van der Waals surface area (Å²) in [6.07, 6.45) is 1.93. The Hall–Kier alpha value is -1.13. The average Bonchev–Trinajstić information content (AvgIpc) is 2.66. The number of aryl methyl sites for hydroxylation is 1. The summed E-state index contributed by atoms with van der Waals surface area (Å²) in [6, 6.07) is 8.04. The summed E-state index contributed by atoms with van der Waals surface area (Å²) in [7, 11) is 0. The predicted octanol–water partition coefficient (Wildman–Crippen LogP) is 2.40. The Labute approximate surface area is 97.0 Å². The molecule has 2 N–H and O–H groups in total. The van der Waals surface area contributed by atoms with Crippen LogP contribution >= 0.6 is 15.9 Å². The molecule has 0 saturated carbocycles.